The lowest BCUT2D eigenvalue weighted by atomic mass is 10.2. The van der Waals surface area contributed by atoms with Crippen LogP contribution in [0.4, 0.5) is 18.9 Å². The zero-order valence-electron chi connectivity index (χ0n) is 10.9. The van der Waals surface area contributed by atoms with Gasteiger partial charge in [-0.3, -0.25) is 0 Å². The molecule has 2 heterocycles. The van der Waals surface area contributed by atoms with Gasteiger partial charge in [-0.2, -0.15) is 13.2 Å². The highest BCUT2D eigenvalue weighted by Crippen LogP contribution is 2.30. The van der Waals surface area contributed by atoms with Crippen LogP contribution in [0.2, 0.25) is 0 Å². The summed E-state index contributed by atoms with van der Waals surface area (Å²) < 4.78 is 39.5. The lowest BCUT2D eigenvalue weighted by molar-refractivity contribution is -0.147. The van der Waals surface area contributed by atoms with Gasteiger partial charge in [0, 0.05) is 24.1 Å². The van der Waals surface area contributed by atoms with Crippen molar-refractivity contribution in [3.63, 3.8) is 0 Å². The molecule has 21 heavy (non-hydrogen) atoms. The minimum Gasteiger partial charge on any atom is -0.362 e. The number of rotatable bonds is 2. The van der Waals surface area contributed by atoms with E-state index in [2.05, 4.69) is 26.1 Å². The van der Waals surface area contributed by atoms with Gasteiger partial charge in [0.25, 0.3) is 0 Å². The average Bonchev–Trinajstić information content (AvgIpc) is 2.90. The fraction of sp³-hybridized carbons (Fsp3) is 0.385. The maximum Gasteiger partial charge on any atom is 0.451 e. The SMILES string of the molecule is FC(F)(F)c1nnc2n1CCN(c1ccc(CBr)cc1)C2. The number of aromatic nitrogens is 3. The lowest BCUT2D eigenvalue weighted by Crippen LogP contribution is -2.35. The summed E-state index contributed by atoms with van der Waals surface area (Å²) >= 11 is 3.38. The average molecular weight is 361 g/mol. The van der Waals surface area contributed by atoms with Crippen molar-refractivity contribution < 1.29 is 13.2 Å². The van der Waals surface area contributed by atoms with Crippen LogP contribution < -0.4 is 4.90 Å². The van der Waals surface area contributed by atoms with Crippen molar-refractivity contribution in [1.82, 2.24) is 14.8 Å². The molecule has 0 aliphatic carbocycles. The Bertz CT molecular complexity index is 636. The second kappa shape index (κ2) is 5.32. The first-order valence-electron chi connectivity index (χ1n) is 6.38. The topological polar surface area (TPSA) is 34.0 Å². The van der Waals surface area contributed by atoms with Gasteiger partial charge in [-0.25, -0.2) is 0 Å². The first kappa shape index (κ1) is 14.4. The second-order valence-electron chi connectivity index (χ2n) is 4.81. The molecule has 0 unspecified atom stereocenters. The third-order valence-corrected chi connectivity index (χ3v) is 4.11. The molecule has 2 aromatic rings. The number of alkyl halides is 4. The summed E-state index contributed by atoms with van der Waals surface area (Å²) in [5.74, 6) is -0.565. The van der Waals surface area contributed by atoms with Gasteiger partial charge in [0.2, 0.25) is 5.82 Å². The van der Waals surface area contributed by atoms with E-state index in [-0.39, 0.29) is 6.54 Å². The minimum atomic E-state index is -4.45. The monoisotopic (exact) mass is 360 g/mol. The van der Waals surface area contributed by atoms with Gasteiger partial charge in [-0.15, -0.1) is 10.2 Å². The molecule has 0 saturated heterocycles. The maximum atomic E-state index is 12.8. The van der Waals surface area contributed by atoms with Crippen LogP contribution in [-0.2, 0) is 24.6 Å². The van der Waals surface area contributed by atoms with Crippen molar-refractivity contribution >= 4 is 21.6 Å². The predicted molar refractivity (Wildman–Crippen MR) is 75.1 cm³/mol. The van der Waals surface area contributed by atoms with Gasteiger partial charge >= 0.3 is 6.18 Å². The van der Waals surface area contributed by atoms with Crippen LogP contribution in [0.25, 0.3) is 0 Å². The van der Waals surface area contributed by atoms with Gasteiger partial charge in [0.05, 0.1) is 6.54 Å². The van der Waals surface area contributed by atoms with Gasteiger partial charge in [0.1, 0.15) is 0 Å². The van der Waals surface area contributed by atoms with Crippen LogP contribution in [0.5, 0.6) is 0 Å². The normalized spacial score (nSPS) is 15.1. The standard InChI is InChI=1S/C13H12BrF3N4/c14-7-9-1-3-10(4-2-9)20-5-6-21-11(8-20)18-19-12(21)13(15,16)17/h1-4H,5-8H2. The molecule has 3 rings (SSSR count). The van der Waals surface area contributed by atoms with Crippen LogP contribution in [-0.4, -0.2) is 21.3 Å². The fourth-order valence-corrected chi connectivity index (χ4v) is 2.76. The molecule has 1 aliphatic rings. The largest absolute Gasteiger partial charge is 0.451 e. The first-order valence-corrected chi connectivity index (χ1v) is 7.50. The number of benzene rings is 1. The van der Waals surface area contributed by atoms with Gasteiger partial charge in [0.15, 0.2) is 5.82 Å². The number of anilines is 1. The van der Waals surface area contributed by atoms with Crippen LogP contribution in [0, 0.1) is 0 Å². The Labute approximate surface area is 127 Å². The highest BCUT2D eigenvalue weighted by Gasteiger charge is 2.39. The number of halogens is 4. The minimum absolute atomic E-state index is 0.234. The van der Waals surface area contributed by atoms with Crippen molar-refractivity contribution in [1.29, 1.82) is 0 Å². The van der Waals surface area contributed by atoms with Crippen molar-refractivity contribution in [3.8, 4) is 0 Å². The molecular formula is C13H12BrF3N4. The maximum absolute atomic E-state index is 12.8. The van der Waals surface area contributed by atoms with E-state index in [0.29, 0.717) is 18.9 Å². The lowest BCUT2D eigenvalue weighted by Gasteiger charge is -2.29. The highest BCUT2D eigenvalue weighted by molar-refractivity contribution is 9.08. The molecule has 0 radical (unpaired) electrons. The Morgan fingerprint density at radius 1 is 1.10 bits per heavy atom. The Kier molecular flexibility index (Phi) is 3.64. The van der Waals surface area contributed by atoms with E-state index in [0.717, 1.165) is 21.1 Å². The summed E-state index contributed by atoms with van der Waals surface area (Å²) in [5, 5.41) is 7.73. The van der Waals surface area contributed by atoms with Crippen molar-refractivity contribution in [2.24, 2.45) is 0 Å². The molecule has 0 atom stereocenters. The van der Waals surface area contributed by atoms with Gasteiger partial charge in [-0.05, 0) is 17.7 Å². The second-order valence-corrected chi connectivity index (χ2v) is 5.37. The molecule has 0 N–H and O–H groups in total. The molecule has 0 bridgehead atoms. The molecule has 112 valence electrons. The Hall–Kier alpha value is -1.57. The molecule has 1 aliphatic heterocycles. The first-order chi connectivity index (χ1) is 9.99. The highest BCUT2D eigenvalue weighted by atomic mass is 79.9. The third kappa shape index (κ3) is 2.76. The quantitative estimate of drug-likeness (QED) is 0.771. The summed E-state index contributed by atoms with van der Waals surface area (Å²) in [4.78, 5) is 2.00. The summed E-state index contributed by atoms with van der Waals surface area (Å²) in [7, 11) is 0. The summed E-state index contributed by atoms with van der Waals surface area (Å²) in [5.41, 5.74) is 2.13. The molecule has 0 fully saturated rings. The van der Waals surface area contributed by atoms with Crippen LogP contribution in [0.1, 0.15) is 17.2 Å². The molecule has 1 aromatic heterocycles. The third-order valence-electron chi connectivity index (χ3n) is 3.46. The Balaban J connectivity index is 1.83. The molecular weight excluding hydrogens is 349 g/mol. The van der Waals surface area contributed by atoms with E-state index in [1.165, 1.54) is 0 Å². The van der Waals surface area contributed by atoms with Crippen molar-refractivity contribution in [2.45, 2.75) is 24.6 Å². The van der Waals surface area contributed by atoms with E-state index in [4.69, 9.17) is 0 Å². The molecule has 0 spiro atoms. The Morgan fingerprint density at radius 2 is 1.81 bits per heavy atom. The summed E-state index contributed by atoms with van der Waals surface area (Å²) in [6.45, 7) is 1.07. The molecule has 1 aromatic carbocycles. The van der Waals surface area contributed by atoms with E-state index < -0.39 is 12.0 Å². The fourth-order valence-electron chi connectivity index (χ4n) is 2.38. The van der Waals surface area contributed by atoms with Crippen LogP contribution in [0.3, 0.4) is 0 Å². The van der Waals surface area contributed by atoms with Crippen LogP contribution >= 0.6 is 15.9 Å². The van der Waals surface area contributed by atoms with Crippen molar-refractivity contribution in [2.75, 3.05) is 11.4 Å². The van der Waals surface area contributed by atoms with Crippen LogP contribution in [0.15, 0.2) is 24.3 Å². The summed E-state index contributed by atoms with van der Waals surface area (Å²) in [6, 6.07) is 7.91. The number of nitrogens with zero attached hydrogens (tertiary/aromatic N) is 4. The predicted octanol–water partition coefficient (Wildman–Crippen LogP) is 3.21. The van der Waals surface area contributed by atoms with E-state index in [9.17, 15) is 13.2 Å². The van der Waals surface area contributed by atoms with E-state index >= 15 is 0 Å². The van der Waals surface area contributed by atoms with Crippen molar-refractivity contribution in [3.05, 3.63) is 41.5 Å². The van der Waals surface area contributed by atoms with E-state index in [1.807, 2.05) is 29.2 Å². The van der Waals surface area contributed by atoms with E-state index in [1.54, 1.807) is 0 Å². The zero-order chi connectivity index (χ0) is 15.0. The molecule has 4 nitrogen and oxygen atoms in total. The molecule has 0 saturated carbocycles. The zero-order valence-corrected chi connectivity index (χ0v) is 12.5. The molecule has 0 amide bonds. The number of fused-ring (bicyclic) bond motifs is 1. The number of hydrogen-bond donors (Lipinski definition) is 0. The summed E-state index contributed by atoms with van der Waals surface area (Å²) in [6.07, 6.45) is -4.45. The van der Waals surface area contributed by atoms with Gasteiger partial charge in [-0.1, -0.05) is 28.1 Å². The van der Waals surface area contributed by atoms with Gasteiger partial charge < -0.3 is 9.47 Å². The smallest absolute Gasteiger partial charge is 0.362 e. The Morgan fingerprint density at radius 3 is 2.43 bits per heavy atom. The molecule has 8 heteroatoms. The number of hydrogen-bond acceptors (Lipinski definition) is 3.